The lowest BCUT2D eigenvalue weighted by atomic mass is 10.2. The van der Waals surface area contributed by atoms with Crippen LogP contribution in [0.1, 0.15) is 12.5 Å². The number of halogens is 2. The summed E-state index contributed by atoms with van der Waals surface area (Å²) in [6.07, 6.45) is 0. The molecule has 3 N–H and O–H groups in total. The van der Waals surface area contributed by atoms with E-state index in [0.29, 0.717) is 37.0 Å². The zero-order chi connectivity index (χ0) is 20.1. The van der Waals surface area contributed by atoms with Crippen LogP contribution >= 0.6 is 0 Å². The molecule has 0 spiro atoms. The molecule has 0 atom stereocenters. The third-order valence-corrected chi connectivity index (χ3v) is 3.28. The van der Waals surface area contributed by atoms with Gasteiger partial charge in [-0.1, -0.05) is 0 Å². The van der Waals surface area contributed by atoms with E-state index in [1.54, 1.807) is 13.2 Å². The number of guanidine groups is 1. The van der Waals surface area contributed by atoms with Crippen molar-refractivity contribution in [3.63, 3.8) is 0 Å². The monoisotopic (exact) mass is 388 g/mol. The van der Waals surface area contributed by atoms with Gasteiger partial charge < -0.3 is 30.2 Å². The van der Waals surface area contributed by atoms with E-state index in [-0.39, 0.29) is 24.7 Å². The van der Waals surface area contributed by atoms with Crippen molar-refractivity contribution < 1.29 is 27.8 Å². The van der Waals surface area contributed by atoms with E-state index in [2.05, 4.69) is 25.7 Å². The van der Waals surface area contributed by atoms with Crippen molar-refractivity contribution in [1.82, 2.24) is 16.0 Å². The van der Waals surface area contributed by atoms with Gasteiger partial charge in [-0.3, -0.25) is 4.79 Å². The van der Waals surface area contributed by atoms with Crippen LogP contribution in [0.5, 0.6) is 11.5 Å². The number of ether oxygens (including phenoxy) is 3. The molecule has 1 amide bonds. The van der Waals surface area contributed by atoms with Crippen molar-refractivity contribution in [2.75, 3.05) is 40.5 Å². The van der Waals surface area contributed by atoms with Crippen molar-refractivity contribution in [3.05, 3.63) is 23.8 Å². The van der Waals surface area contributed by atoms with Gasteiger partial charge in [0.25, 0.3) is 0 Å². The van der Waals surface area contributed by atoms with Gasteiger partial charge in [0.05, 0.1) is 26.8 Å². The molecule has 0 saturated carbocycles. The van der Waals surface area contributed by atoms with Crippen molar-refractivity contribution in [1.29, 1.82) is 0 Å². The number of rotatable bonds is 11. The Hall–Kier alpha value is -2.62. The van der Waals surface area contributed by atoms with E-state index in [4.69, 9.17) is 9.47 Å². The Morgan fingerprint density at radius 2 is 2.00 bits per heavy atom. The lowest BCUT2D eigenvalue weighted by molar-refractivity contribution is -0.120. The van der Waals surface area contributed by atoms with Crippen LogP contribution < -0.4 is 25.4 Å². The highest BCUT2D eigenvalue weighted by molar-refractivity contribution is 5.86. The lowest BCUT2D eigenvalue weighted by Crippen LogP contribution is -2.43. The number of nitrogens with one attached hydrogen (secondary N) is 3. The number of hydrogen-bond acceptors (Lipinski definition) is 5. The Balaban J connectivity index is 2.77. The first-order valence-corrected chi connectivity index (χ1v) is 8.39. The number of alkyl halides is 2. The van der Waals surface area contributed by atoms with Gasteiger partial charge in [-0.2, -0.15) is 8.78 Å². The fourth-order valence-electron chi connectivity index (χ4n) is 2.04. The third-order valence-electron chi connectivity index (χ3n) is 3.28. The van der Waals surface area contributed by atoms with Gasteiger partial charge in [-0.15, -0.1) is 0 Å². The maximum atomic E-state index is 12.6. The molecular formula is C17H26F2N4O4. The minimum atomic E-state index is -2.94. The summed E-state index contributed by atoms with van der Waals surface area (Å²) in [6, 6.07) is 4.50. The molecule has 10 heteroatoms. The summed E-state index contributed by atoms with van der Waals surface area (Å²) in [5.74, 6) is 0.658. The van der Waals surface area contributed by atoms with Crippen LogP contribution in [0.15, 0.2) is 23.2 Å². The van der Waals surface area contributed by atoms with Crippen molar-refractivity contribution in [3.8, 4) is 11.5 Å². The Bertz CT molecular complexity index is 615. The average molecular weight is 388 g/mol. The summed E-state index contributed by atoms with van der Waals surface area (Å²) in [7, 11) is 3.02. The Labute approximate surface area is 157 Å². The van der Waals surface area contributed by atoms with Crippen LogP contribution in [0.25, 0.3) is 0 Å². The van der Waals surface area contributed by atoms with Gasteiger partial charge in [-0.25, -0.2) is 4.99 Å². The molecule has 0 saturated heterocycles. The van der Waals surface area contributed by atoms with Gasteiger partial charge >= 0.3 is 6.61 Å². The molecule has 152 valence electrons. The number of nitrogens with zero attached hydrogens (tertiary/aromatic N) is 1. The van der Waals surface area contributed by atoms with E-state index in [1.165, 1.54) is 19.2 Å². The fraction of sp³-hybridized carbons (Fsp3) is 0.529. The molecule has 0 unspecified atom stereocenters. The third kappa shape index (κ3) is 9.04. The van der Waals surface area contributed by atoms with Crippen LogP contribution in [0.2, 0.25) is 0 Å². The first-order valence-electron chi connectivity index (χ1n) is 8.39. The molecule has 0 aliphatic heterocycles. The Kier molecular flexibility index (Phi) is 10.5. The van der Waals surface area contributed by atoms with Crippen molar-refractivity contribution in [2.24, 2.45) is 4.99 Å². The number of carbonyl (C=O) groups excluding carboxylic acids is 1. The minimum absolute atomic E-state index is 0.00799. The van der Waals surface area contributed by atoms with Gasteiger partial charge in [0.1, 0.15) is 11.5 Å². The highest BCUT2D eigenvalue weighted by atomic mass is 19.3. The van der Waals surface area contributed by atoms with Crippen molar-refractivity contribution in [2.45, 2.75) is 20.1 Å². The Morgan fingerprint density at radius 3 is 2.63 bits per heavy atom. The summed E-state index contributed by atoms with van der Waals surface area (Å²) >= 11 is 0. The van der Waals surface area contributed by atoms with Crippen LogP contribution in [0.3, 0.4) is 0 Å². The topological polar surface area (TPSA) is 93.2 Å². The Morgan fingerprint density at radius 1 is 1.22 bits per heavy atom. The minimum Gasteiger partial charge on any atom is -0.497 e. The second kappa shape index (κ2) is 12.7. The predicted octanol–water partition coefficient (Wildman–Crippen LogP) is 1.11. The zero-order valence-electron chi connectivity index (χ0n) is 15.7. The SMILES string of the molecule is CCNC(=NCc1cc(OC)ccc1OC(F)F)NCC(=O)NCCOC. The summed E-state index contributed by atoms with van der Waals surface area (Å²) in [5.41, 5.74) is 0.427. The molecule has 1 rings (SSSR count). The van der Waals surface area contributed by atoms with E-state index >= 15 is 0 Å². The number of amides is 1. The second-order valence-electron chi connectivity index (χ2n) is 5.24. The molecule has 0 radical (unpaired) electrons. The molecule has 0 aromatic heterocycles. The predicted molar refractivity (Wildman–Crippen MR) is 97.3 cm³/mol. The molecule has 0 aliphatic rings. The normalized spacial score (nSPS) is 11.3. The molecule has 0 bridgehead atoms. The first-order chi connectivity index (χ1) is 13.0. The quantitative estimate of drug-likeness (QED) is 0.299. The maximum Gasteiger partial charge on any atom is 0.387 e. The van der Waals surface area contributed by atoms with Gasteiger partial charge in [0.2, 0.25) is 5.91 Å². The van der Waals surface area contributed by atoms with E-state index in [0.717, 1.165) is 0 Å². The molecule has 0 heterocycles. The number of methoxy groups -OCH3 is 2. The van der Waals surface area contributed by atoms with E-state index in [9.17, 15) is 13.6 Å². The maximum absolute atomic E-state index is 12.6. The number of hydrogen-bond donors (Lipinski definition) is 3. The molecule has 1 aromatic carbocycles. The zero-order valence-corrected chi connectivity index (χ0v) is 15.7. The molecule has 8 nitrogen and oxygen atoms in total. The van der Waals surface area contributed by atoms with E-state index < -0.39 is 6.61 Å². The second-order valence-corrected chi connectivity index (χ2v) is 5.24. The number of aliphatic imine (C=N–C) groups is 1. The van der Waals surface area contributed by atoms with Crippen molar-refractivity contribution >= 4 is 11.9 Å². The summed E-state index contributed by atoms with van der Waals surface area (Å²) in [6.45, 7) is 0.380. The molecular weight excluding hydrogens is 362 g/mol. The number of carbonyl (C=O) groups is 1. The van der Waals surface area contributed by atoms with Gasteiger partial charge in [0.15, 0.2) is 5.96 Å². The van der Waals surface area contributed by atoms with Crippen LogP contribution in [0.4, 0.5) is 8.78 Å². The van der Waals surface area contributed by atoms with E-state index in [1.807, 2.05) is 6.92 Å². The van der Waals surface area contributed by atoms with Gasteiger partial charge in [0, 0.05) is 25.8 Å². The lowest BCUT2D eigenvalue weighted by Gasteiger charge is -2.13. The smallest absolute Gasteiger partial charge is 0.387 e. The first kappa shape index (κ1) is 22.4. The largest absolute Gasteiger partial charge is 0.497 e. The molecule has 0 aliphatic carbocycles. The molecule has 0 fully saturated rings. The highest BCUT2D eigenvalue weighted by Gasteiger charge is 2.11. The van der Waals surface area contributed by atoms with Gasteiger partial charge in [-0.05, 0) is 25.1 Å². The summed E-state index contributed by atoms with van der Waals surface area (Å²) in [5, 5.41) is 8.52. The van der Waals surface area contributed by atoms with Crippen LogP contribution in [-0.4, -0.2) is 58.9 Å². The number of benzene rings is 1. The van der Waals surface area contributed by atoms with Crippen LogP contribution in [0, 0.1) is 0 Å². The average Bonchev–Trinajstić information content (AvgIpc) is 2.64. The van der Waals surface area contributed by atoms with Crippen LogP contribution in [-0.2, 0) is 16.1 Å². The highest BCUT2D eigenvalue weighted by Crippen LogP contribution is 2.26. The molecule has 27 heavy (non-hydrogen) atoms. The summed E-state index contributed by atoms with van der Waals surface area (Å²) < 4.78 is 39.6. The standard InChI is InChI=1S/C17H26F2N4O4/c1-4-20-17(23-11-15(24)21-7-8-25-2)22-10-12-9-13(26-3)5-6-14(12)27-16(18)19/h5-6,9,16H,4,7-8,10-11H2,1-3H3,(H,21,24)(H2,20,22,23). The fourth-order valence-corrected chi connectivity index (χ4v) is 2.04. The molecule has 1 aromatic rings. The summed E-state index contributed by atoms with van der Waals surface area (Å²) in [4.78, 5) is 16.0.